The molecule has 1 N–H and O–H groups in total. The number of benzene rings is 1. The Balaban J connectivity index is 1.33. The Kier molecular flexibility index (Phi) is 13.2. The maximum absolute atomic E-state index is 13.6. The lowest BCUT2D eigenvalue weighted by molar-refractivity contribution is -0.133. The van der Waals surface area contributed by atoms with E-state index in [4.69, 9.17) is 14.2 Å². The molecular formula is C35H45F2N7O6S. The molecule has 4 heterocycles. The van der Waals surface area contributed by atoms with Crippen LogP contribution in [0.2, 0.25) is 0 Å². The second kappa shape index (κ2) is 17.8. The number of anilines is 1. The molecule has 3 aliphatic rings. The van der Waals surface area contributed by atoms with E-state index in [0.29, 0.717) is 51.0 Å². The predicted molar refractivity (Wildman–Crippen MR) is 190 cm³/mol. The Morgan fingerprint density at radius 1 is 1.14 bits per heavy atom. The van der Waals surface area contributed by atoms with Gasteiger partial charge in [-0.15, -0.1) is 11.8 Å². The summed E-state index contributed by atoms with van der Waals surface area (Å²) in [7, 11) is 1.39. The fraction of sp³-hybridized carbons (Fsp3) is 0.514. The van der Waals surface area contributed by atoms with Gasteiger partial charge in [0.1, 0.15) is 18.0 Å². The number of likely N-dealkylation sites (tertiary alicyclic amines) is 1. The molecule has 3 aliphatic heterocycles. The zero-order valence-corrected chi connectivity index (χ0v) is 30.0. The van der Waals surface area contributed by atoms with Crippen LogP contribution in [0.4, 0.5) is 19.3 Å². The number of aromatic nitrogens is 2. The summed E-state index contributed by atoms with van der Waals surface area (Å²) in [4.78, 5) is 49.7. The second-order valence-electron chi connectivity index (χ2n) is 12.5. The van der Waals surface area contributed by atoms with Crippen LogP contribution in [0, 0.1) is 5.92 Å². The number of piperidine rings is 1. The summed E-state index contributed by atoms with van der Waals surface area (Å²) in [5.41, 5.74) is 1.27. The maximum Gasteiger partial charge on any atom is 0.409 e. The number of methoxy groups -OCH3 is 1. The molecule has 0 bridgehead atoms. The lowest BCUT2D eigenvalue weighted by atomic mass is 9.96. The van der Waals surface area contributed by atoms with Gasteiger partial charge in [0, 0.05) is 74.4 Å². The van der Waals surface area contributed by atoms with Crippen LogP contribution >= 0.6 is 11.8 Å². The smallest absolute Gasteiger partial charge is 0.409 e. The minimum atomic E-state index is -3.10. The van der Waals surface area contributed by atoms with E-state index in [1.807, 2.05) is 0 Å². The minimum absolute atomic E-state index is 0.119. The Bertz CT molecular complexity index is 1630. The third-order valence-electron chi connectivity index (χ3n) is 9.09. The van der Waals surface area contributed by atoms with Crippen molar-refractivity contribution in [1.29, 1.82) is 0 Å². The second-order valence-corrected chi connectivity index (χ2v) is 13.9. The lowest BCUT2D eigenvalue weighted by Crippen LogP contribution is -2.50. The highest BCUT2D eigenvalue weighted by atomic mass is 32.2. The van der Waals surface area contributed by atoms with Gasteiger partial charge in [-0.05, 0) is 50.8 Å². The van der Waals surface area contributed by atoms with Crippen LogP contribution in [-0.4, -0.2) is 127 Å². The van der Waals surface area contributed by atoms with Crippen LogP contribution in [0.25, 0.3) is 11.3 Å². The third kappa shape index (κ3) is 9.95. The number of nitrogens with zero attached hydrogens (tertiary/aromatic N) is 6. The highest BCUT2D eigenvalue weighted by Gasteiger charge is 2.29. The van der Waals surface area contributed by atoms with E-state index in [0.717, 1.165) is 37.4 Å². The van der Waals surface area contributed by atoms with Gasteiger partial charge >= 0.3 is 12.7 Å². The number of allylic oxidation sites excluding steroid dienone is 1. The first-order valence-electron chi connectivity index (χ1n) is 17.0. The van der Waals surface area contributed by atoms with Crippen LogP contribution in [0.3, 0.4) is 0 Å². The molecule has 5 rings (SSSR count). The van der Waals surface area contributed by atoms with E-state index < -0.39 is 12.5 Å². The Morgan fingerprint density at radius 3 is 2.47 bits per heavy atom. The Labute approximate surface area is 300 Å². The summed E-state index contributed by atoms with van der Waals surface area (Å²) >= 11 is 1.54. The number of carbonyl (C=O) groups is 3. The molecular weight excluding hydrogens is 684 g/mol. The first-order chi connectivity index (χ1) is 24.6. The van der Waals surface area contributed by atoms with Crippen molar-refractivity contribution in [2.75, 3.05) is 71.5 Å². The number of hydrogen-bond acceptors (Lipinski definition) is 10. The van der Waals surface area contributed by atoms with E-state index in [1.54, 1.807) is 53.8 Å². The van der Waals surface area contributed by atoms with Gasteiger partial charge in [-0.1, -0.05) is 12.7 Å². The highest BCUT2D eigenvalue weighted by Crippen LogP contribution is 2.39. The zero-order valence-electron chi connectivity index (χ0n) is 29.2. The summed E-state index contributed by atoms with van der Waals surface area (Å²) < 4.78 is 43.6. The van der Waals surface area contributed by atoms with Crippen molar-refractivity contribution in [3.05, 3.63) is 48.3 Å². The van der Waals surface area contributed by atoms with Crippen molar-refractivity contribution in [3.63, 3.8) is 0 Å². The predicted octanol–water partition coefficient (Wildman–Crippen LogP) is 4.75. The number of piperazine rings is 1. The number of alkyl halides is 2. The van der Waals surface area contributed by atoms with Gasteiger partial charge in [0.25, 0.3) is 5.91 Å². The molecule has 276 valence electrons. The van der Waals surface area contributed by atoms with Crippen LogP contribution in [-0.2, 0) is 25.6 Å². The van der Waals surface area contributed by atoms with E-state index in [9.17, 15) is 23.2 Å². The number of thioether (sulfide) groups is 1. The van der Waals surface area contributed by atoms with Crippen LogP contribution < -0.4 is 10.1 Å². The Morgan fingerprint density at radius 2 is 1.86 bits per heavy atom. The average Bonchev–Trinajstić information content (AvgIpc) is 3.48. The molecule has 1 aromatic heterocycles. The van der Waals surface area contributed by atoms with Crippen molar-refractivity contribution >= 4 is 41.6 Å². The largest absolute Gasteiger partial charge is 0.453 e. The average molecular weight is 730 g/mol. The molecule has 0 aliphatic carbocycles. The zero-order chi connectivity index (χ0) is 36.5. The van der Waals surface area contributed by atoms with Gasteiger partial charge in [-0.3, -0.25) is 24.2 Å². The summed E-state index contributed by atoms with van der Waals surface area (Å²) in [5.74, 6) is -0.367. The molecule has 51 heavy (non-hydrogen) atoms. The van der Waals surface area contributed by atoms with Gasteiger partial charge in [0.15, 0.2) is 0 Å². The molecule has 13 nitrogen and oxygen atoms in total. The fourth-order valence-electron chi connectivity index (χ4n) is 6.30. The summed E-state index contributed by atoms with van der Waals surface area (Å²) in [6.45, 7) is 10.00. The van der Waals surface area contributed by atoms with E-state index in [1.165, 1.54) is 30.1 Å². The van der Waals surface area contributed by atoms with Gasteiger partial charge in [0.2, 0.25) is 5.91 Å². The first-order valence-corrected chi connectivity index (χ1v) is 17.8. The highest BCUT2D eigenvalue weighted by molar-refractivity contribution is 8.00. The number of amides is 3. The molecule has 0 radical (unpaired) electrons. The van der Waals surface area contributed by atoms with Gasteiger partial charge in [-0.25, -0.2) is 4.79 Å². The monoisotopic (exact) mass is 729 g/mol. The molecule has 16 heteroatoms. The summed E-state index contributed by atoms with van der Waals surface area (Å²) in [6, 6.07) is 4.85. The first kappa shape index (κ1) is 38.0. The number of aliphatic imine (C=N–C) groups is 1. The molecule has 3 fully saturated rings. The molecule has 0 spiro atoms. The van der Waals surface area contributed by atoms with Gasteiger partial charge in [0.05, 0.1) is 36.8 Å². The fourth-order valence-corrected chi connectivity index (χ4v) is 7.35. The van der Waals surface area contributed by atoms with Crippen LogP contribution in [0.15, 0.2) is 58.2 Å². The van der Waals surface area contributed by atoms with Crippen molar-refractivity contribution in [3.8, 4) is 17.0 Å². The third-order valence-corrected chi connectivity index (χ3v) is 10.2. The van der Waals surface area contributed by atoms with Crippen molar-refractivity contribution in [1.82, 2.24) is 24.5 Å². The number of nitrogens with one attached hydrogen (secondary N) is 1. The van der Waals surface area contributed by atoms with Gasteiger partial charge < -0.3 is 29.3 Å². The molecule has 0 unspecified atom stereocenters. The van der Waals surface area contributed by atoms with E-state index in [-0.39, 0.29) is 52.1 Å². The molecule has 0 atom stereocenters. The number of halogens is 2. The molecule has 0 saturated carbocycles. The molecule has 3 saturated heterocycles. The minimum Gasteiger partial charge on any atom is -0.453 e. The number of ether oxygens (including phenoxy) is 3. The maximum atomic E-state index is 13.6. The summed E-state index contributed by atoms with van der Waals surface area (Å²) in [5, 5.41) is 7.71. The lowest BCUT2D eigenvalue weighted by Gasteiger charge is -2.38. The molecule has 3 amide bonds. The van der Waals surface area contributed by atoms with Crippen molar-refractivity contribution in [2.24, 2.45) is 10.9 Å². The van der Waals surface area contributed by atoms with E-state index in [2.05, 4.69) is 26.9 Å². The normalized spacial score (nSPS) is 18.1. The number of carbonyl (C=O) groups excluding carboxylic acids is 3. The standard InChI is InChI=1S/C35H45F2N7O6S/c1-5-27(23(3)38-6-2)33(46)39-29-19-44(40-32(29)28-17-25(51-26-21-49-22-26)7-8-30(28)50-34(36)37)20-31(45)42-11-9-24(10-12-42)18-41-13-15-43(16-14-41)35(47)48-4/h5-8,17,19,24,26,34H,1,9-16,18,20-22H2,2-4H3,(H,39,46)/b27-23-,38-6-. The molecule has 2 aromatic rings. The Hall–Kier alpha value is -4.28. The van der Waals surface area contributed by atoms with E-state index >= 15 is 0 Å². The van der Waals surface area contributed by atoms with Crippen molar-refractivity contribution in [2.45, 2.75) is 50.0 Å². The summed E-state index contributed by atoms with van der Waals surface area (Å²) in [6.07, 6.45) is 5.86. The van der Waals surface area contributed by atoms with Crippen LogP contribution in [0.1, 0.15) is 26.7 Å². The van der Waals surface area contributed by atoms with Crippen molar-refractivity contribution < 1.29 is 37.4 Å². The molecule has 1 aromatic carbocycles. The van der Waals surface area contributed by atoms with Gasteiger partial charge in [-0.2, -0.15) is 13.9 Å². The topological polar surface area (TPSA) is 131 Å². The number of hydrogen-bond donors (Lipinski definition) is 1. The number of rotatable bonds is 13. The quantitative estimate of drug-likeness (QED) is 0.176. The van der Waals surface area contributed by atoms with Crippen LogP contribution in [0.5, 0.6) is 5.75 Å². The SMILES string of the molecule is C=C/C(C(=O)Nc1cn(CC(=O)N2CCC(CN3CCN(C(=O)OC)CC3)CC2)nc1-c1cc(SC2COC2)ccc1OC(F)F)=C(C)/N=C\C.